The van der Waals surface area contributed by atoms with Crippen molar-refractivity contribution < 1.29 is 14.5 Å². The fourth-order valence-electron chi connectivity index (χ4n) is 2.33. The van der Waals surface area contributed by atoms with Crippen LogP contribution in [-0.2, 0) is 0 Å². The Morgan fingerprint density at radius 2 is 1.90 bits per heavy atom. The number of nitro groups is 1. The Morgan fingerprint density at radius 3 is 2.60 bits per heavy atom. The number of hydrogen-bond donors (Lipinski definition) is 2. The van der Waals surface area contributed by atoms with Gasteiger partial charge in [-0.05, 0) is 60.2 Å². The average molecular weight is 421 g/mol. The van der Waals surface area contributed by atoms with Crippen LogP contribution in [0.2, 0.25) is 0 Å². The number of carbonyl (C=O) groups excluding carboxylic acids is 1. The zero-order chi connectivity index (χ0) is 21.3. The quantitative estimate of drug-likeness (QED) is 0.155. The van der Waals surface area contributed by atoms with E-state index >= 15 is 0 Å². The summed E-state index contributed by atoms with van der Waals surface area (Å²) in [6.07, 6.45) is 4.50. The number of ether oxygens (including phenoxy) is 1. The van der Waals surface area contributed by atoms with Crippen molar-refractivity contribution in [3.05, 3.63) is 94.3 Å². The summed E-state index contributed by atoms with van der Waals surface area (Å²) < 4.78 is 5.27. The molecule has 2 aromatic carbocycles. The number of nitro benzene ring substituents is 1. The van der Waals surface area contributed by atoms with Gasteiger partial charge in [-0.1, -0.05) is 12.1 Å². The van der Waals surface area contributed by atoms with Crippen LogP contribution < -0.4 is 15.5 Å². The second-order valence-corrected chi connectivity index (χ2v) is 6.21. The lowest BCUT2D eigenvalue weighted by atomic mass is 10.2. The van der Waals surface area contributed by atoms with Crippen molar-refractivity contribution in [3.63, 3.8) is 0 Å². The Balaban J connectivity index is 1.53. The lowest BCUT2D eigenvalue weighted by molar-refractivity contribution is -0.383. The summed E-state index contributed by atoms with van der Waals surface area (Å²) >= 11 is 5.09. The Kier molecular flexibility index (Phi) is 6.74. The van der Waals surface area contributed by atoms with Crippen molar-refractivity contribution in [3.8, 4) is 5.75 Å². The molecule has 10 heteroatoms. The van der Waals surface area contributed by atoms with Gasteiger partial charge in [0.05, 0.1) is 16.7 Å². The number of thiocarbonyl (C=S) groups is 1. The number of para-hydroxylation sites is 2. The topological polar surface area (TPSA) is 119 Å². The number of anilines is 1. The number of pyridine rings is 1. The van der Waals surface area contributed by atoms with Crippen molar-refractivity contribution in [2.75, 3.05) is 5.32 Å². The van der Waals surface area contributed by atoms with Gasteiger partial charge in [-0.2, -0.15) is 5.10 Å². The fraction of sp³-hybridized carbons (Fsp3) is 0. The number of hydrazone groups is 1. The van der Waals surface area contributed by atoms with Crippen molar-refractivity contribution in [1.82, 2.24) is 10.4 Å². The standard InChI is InChI=1S/C20H15N5O4S/c26-19(15-4-3-11-21-13-15)29-16-9-7-14(8-10-16)12-22-24-20(30)23-17-5-1-2-6-18(17)25(27)28/h1-13H,(H2,23,24,30)/b22-12-. The molecule has 0 saturated heterocycles. The normalized spacial score (nSPS) is 10.4. The first-order chi connectivity index (χ1) is 14.5. The zero-order valence-electron chi connectivity index (χ0n) is 15.4. The molecule has 0 amide bonds. The molecule has 1 aromatic heterocycles. The molecule has 0 atom stereocenters. The molecule has 1 heterocycles. The molecule has 0 bridgehead atoms. The first kappa shape index (κ1) is 20.6. The Bertz CT molecular complexity index is 1090. The molecule has 0 aliphatic heterocycles. The van der Waals surface area contributed by atoms with E-state index in [-0.39, 0.29) is 16.5 Å². The highest BCUT2D eigenvalue weighted by molar-refractivity contribution is 7.80. The molecule has 0 unspecified atom stereocenters. The van der Waals surface area contributed by atoms with Crippen molar-refractivity contribution >= 4 is 40.9 Å². The summed E-state index contributed by atoms with van der Waals surface area (Å²) in [7, 11) is 0. The predicted molar refractivity (Wildman–Crippen MR) is 116 cm³/mol. The van der Waals surface area contributed by atoms with Crippen LogP contribution in [0.5, 0.6) is 5.75 Å². The molecule has 0 fully saturated rings. The second-order valence-electron chi connectivity index (χ2n) is 5.80. The van der Waals surface area contributed by atoms with Gasteiger partial charge in [-0.15, -0.1) is 0 Å². The summed E-state index contributed by atoms with van der Waals surface area (Å²) in [5, 5.41) is 17.8. The third-order valence-electron chi connectivity index (χ3n) is 3.72. The van der Waals surface area contributed by atoms with Crippen LogP contribution >= 0.6 is 12.2 Å². The summed E-state index contributed by atoms with van der Waals surface area (Å²) in [4.78, 5) is 26.4. The predicted octanol–water partition coefficient (Wildman–Crippen LogP) is 3.53. The smallest absolute Gasteiger partial charge is 0.345 e. The molecular formula is C20H15N5O4S. The van der Waals surface area contributed by atoms with Gasteiger partial charge < -0.3 is 10.1 Å². The highest BCUT2D eigenvalue weighted by Gasteiger charge is 2.12. The summed E-state index contributed by atoms with van der Waals surface area (Å²) in [6.45, 7) is 0. The number of aromatic nitrogens is 1. The minimum absolute atomic E-state index is 0.0953. The largest absolute Gasteiger partial charge is 0.423 e. The van der Waals surface area contributed by atoms with E-state index in [9.17, 15) is 14.9 Å². The number of esters is 1. The minimum Gasteiger partial charge on any atom is -0.423 e. The van der Waals surface area contributed by atoms with E-state index in [1.165, 1.54) is 18.5 Å². The molecular weight excluding hydrogens is 406 g/mol. The molecule has 3 rings (SSSR count). The molecule has 30 heavy (non-hydrogen) atoms. The Labute approximate surface area is 176 Å². The average Bonchev–Trinajstić information content (AvgIpc) is 2.76. The molecule has 0 saturated carbocycles. The maximum Gasteiger partial charge on any atom is 0.345 e. The van der Waals surface area contributed by atoms with E-state index in [1.807, 2.05) is 0 Å². The fourth-order valence-corrected chi connectivity index (χ4v) is 2.49. The van der Waals surface area contributed by atoms with Crippen LogP contribution in [0.4, 0.5) is 11.4 Å². The monoisotopic (exact) mass is 421 g/mol. The van der Waals surface area contributed by atoms with Gasteiger partial charge in [0.2, 0.25) is 0 Å². The van der Waals surface area contributed by atoms with Crippen LogP contribution in [0.1, 0.15) is 15.9 Å². The first-order valence-electron chi connectivity index (χ1n) is 8.58. The van der Waals surface area contributed by atoms with Gasteiger partial charge in [0, 0.05) is 18.5 Å². The van der Waals surface area contributed by atoms with Crippen molar-refractivity contribution in [2.24, 2.45) is 5.10 Å². The summed E-state index contributed by atoms with van der Waals surface area (Å²) in [6, 6.07) is 16.1. The second kappa shape index (κ2) is 9.85. The van der Waals surface area contributed by atoms with Crippen LogP contribution in [0.25, 0.3) is 0 Å². The number of nitrogens with zero attached hydrogens (tertiary/aromatic N) is 3. The lowest BCUT2D eigenvalue weighted by Crippen LogP contribution is -2.24. The third-order valence-corrected chi connectivity index (χ3v) is 3.91. The zero-order valence-corrected chi connectivity index (χ0v) is 16.2. The summed E-state index contributed by atoms with van der Waals surface area (Å²) in [5.41, 5.74) is 3.83. The molecule has 150 valence electrons. The van der Waals surface area contributed by atoms with Gasteiger partial charge >= 0.3 is 5.97 Å². The van der Waals surface area contributed by atoms with Gasteiger partial charge in [0.1, 0.15) is 11.4 Å². The van der Waals surface area contributed by atoms with Crippen molar-refractivity contribution in [1.29, 1.82) is 0 Å². The third kappa shape index (κ3) is 5.66. The van der Waals surface area contributed by atoms with Gasteiger partial charge in [0.15, 0.2) is 5.11 Å². The molecule has 0 spiro atoms. The Hall–Kier alpha value is -4.18. The van der Waals surface area contributed by atoms with Crippen LogP contribution in [0.15, 0.2) is 78.2 Å². The molecule has 3 aromatic rings. The highest BCUT2D eigenvalue weighted by Crippen LogP contribution is 2.22. The lowest BCUT2D eigenvalue weighted by Gasteiger charge is -2.07. The van der Waals surface area contributed by atoms with E-state index in [0.29, 0.717) is 11.3 Å². The van der Waals surface area contributed by atoms with Gasteiger partial charge in [0.25, 0.3) is 5.69 Å². The van der Waals surface area contributed by atoms with Crippen molar-refractivity contribution in [2.45, 2.75) is 0 Å². The van der Waals surface area contributed by atoms with E-state index in [1.54, 1.807) is 60.8 Å². The number of rotatable bonds is 6. The number of hydrogen-bond acceptors (Lipinski definition) is 7. The Morgan fingerprint density at radius 1 is 1.13 bits per heavy atom. The van der Waals surface area contributed by atoms with E-state index in [0.717, 1.165) is 5.56 Å². The van der Waals surface area contributed by atoms with Crippen LogP contribution in [0, 0.1) is 10.1 Å². The summed E-state index contributed by atoms with van der Waals surface area (Å²) in [5.74, 6) is -0.125. The van der Waals surface area contributed by atoms with E-state index in [4.69, 9.17) is 17.0 Å². The number of benzene rings is 2. The number of nitrogens with one attached hydrogen (secondary N) is 2. The van der Waals surface area contributed by atoms with Crippen LogP contribution in [-0.4, -0.2) is 27.2 Å². The van der Waals surface area contributed by atoms with Crippen LogP contribution in [0.3, 0.4) is 0 Å². The maximum atomic E-state index is 12.0. The molecule has 0 aliphatic rings. The molecule has 2 N–H and O–H groups in total. The molecule has 0 aliphatic carbocycles. The maximum absolute atomic E-state index is 12.0. The first-order valence-corrected chi connectivity index (χ1v) is 8.99. The molecule has 9 nitrogen and oxygen atoms in total. The van der Waals surface area contributed by atoms with E-state index < -0.39 is 10.9 Å². The van der Waals surface area contributed by atoms with E-state index in [2.05, 4.69) is 20.8 Å². The van der Waals surface area contributed by atoms with Gasteiger partial charge in [-0.3, -0.25) is 20.5 Å². The van der Waals surface area contributed by atoms with Gasteiger partial charge in [-0.25, -0.2) is 4.79 Å². The SMILES string of the molecule is O=C(Oc1ccc(/C=N\NC(=S)Nc2ccccc2[N+](=O)[O-])cc1)c1cccnc1. The number of carbonyl (C=O) groups is 1. The highest BCUT2D eigenvalue weighted by atomic mass is 32.1. The minimum atomic E-state index is -0.503. The molecule has 0 radical (unpaired) electrons.